The third-order valence-corrected chi connectivity index (χ3v) is 5.53. The Morgan fingerprint density at radius 3 is 2.54 bits per heavy atom. The molecule has 26 heavy (non-hydrogen) atoms. The minimum Gasteiger partial charge on any atom is -0.325 e. The van der Waals surface area contributed by atoms with Crippen molar-refractivity contribution in [1.82, 2.24) is 0 Å². The zero-order chi connectivity index (χ0) is 18.7. The summed E-state index contributed by atoms with van der Waals surface area (Å²) >= 11 is 1.20. The maximum atomic E-state index is 12.5. The highest BCUT2D eigenvalue weighted by atomic mass is 32.2. The molecule has 2 aromatic rings. The minimum atomic E-state index is -0.520. The van der Waals surface area contributed by atoms with Crippen molar-refractivity contribution in [2.75, 3.05) is 16.0 Å². The van der Waals surface area contributed by atoms with Gasteiger partial charge < -0.3 is 5.32 Å². The molecule has 5 nitrogen and oxygen atoms in total. The molecule has 3 amide bonds. The van der Waals surface area contributed by atoms with Crippen LogP contribution in [0.5, 0.6) is 0 Å². The maximum Gasteiger partial charge on any atom is 0.247 e. The van der Waals surface area contributed by atoms with Gasteiger partial charge in [-0.2, -0.15) is 0 Å². The van der Waals surface area contributed by atoms with Crippen LogP contribution in [0.25, 0.3) is 0 Å². The summed E-state index contributed by atoms with van der Waals surface area (Å²) in [5.41, 5.74) is 3.57. The Labute approximate surface area is 156 Å². The fourth-order valence-electron chi connectivity index (χ4n) is 2.78. The topological polar surface area (TPSA) is 66.5 Å². The lowest BCUT2D eigenvalue weighted by Gasteiger charge is -2.14. The van der Waals surface area contributed by atoms with Crippen molar-refractivity contribution >= 4 is 40.9 Å². The first-order valence-corrected chi connectivity index (χ1v) is 9.41. The van der Waals surface area contributed by atoms with Crippen LogP contribution >= 0.6 is 11.8 Å². The van der Waals surface area contributed by atoms with Crippen molar-refractivity contribution in [1.29, 1.82) is 0 Å². The molecule has 3 rings (SSSR count). The van der Waals surface area contributed by atoms with Gasteiger partial charge in [-0.25, -0.2) is 4.90 Å². The van der Waals surface area contributed by atoms with Crippen molar-refractivity contribution in [3.05, 3.63) is 59.7 Å². The molecule has 1 N–H and O–H groups in total. The highest BCUT2D eigenvalue weighted by Crippen LogP contribution is 2.29. The molecule has 1 fully saturated rings. The van der Waals surface area contributed by atoms with Gasteiger partial charge in [-0.15, -0.1) is 11.8 Å². The van der Waals surface area contributed by atoms with Crippen molar-refractivity contribution in [3.63, 3.8) is 0 Å². The minimum absolute atomic E-state index is 0.120. The zero-order valence-electron chi connectivity index (χ0n) is 14.7. The van der Waals surface area contributed by atoms with E-state index in [4.69, 9.17) is 0 Å². The summed E-state index contributed by atoms with van der Waals surface area (Å²) in [6.07, 6.45) is 0.120. The molecule has 1 saturated heterocycles. The average Bonchev–Trinajstić information content (AvgIpc) is 2.91. The second-order valence-corrected chi connectivity index (χ2v) is 7.44. The van der Waals surface area contributed by atoms with E-state index in [9.17, 15) is 14.4 Å². The Morgan fingerprint density at radius 2 is 1.85 bits per heavy atom. The fourth-order valence-corrected chi connectivity index (χ4v) is 3.71. The van der Waals surface area contributed by atoms with Crippen molar-refractivity contribution in [2.24, 2.45) is 0 Å². The van der Waals surface area contributed by atoms with E-state index in [1.807, 2.05) is 38.1 Å². The summed E-state index contributed by atoms with van der Waals surface area (Å²) in [4.78, 5) is 38.1. The van der Waals surface area contributed by atoms with Crippen LogP contribution in [0.15, 0.2) is 48.5 Å². The van der Waals surface area contributed by atoms with Gasteiger partial charge in [0.05, 0.1) is 16.7 Å². The van der Waals surface area contributed by atoms with Crippen LogP contribution in [0.2, 0.25) is 0 Å². The second kappa shape index (κ2) is 7.74. The number of amides is 3. The number of carbonyl (C=O) groups is 3. The first-order valence-electron chi connectivity index (χ1n) is 8.36. The lowest BCUT2D eigenvalue weighted by molar-refractivity contribution is -0.121. The van der Waals surface area contributed by atoms with Gasteiger partial charge >= 0.3 is 0 Å². The number of nitrogens with one attached hydrogen (secondary N) is 1. The number of nitrogens with zero attached hydrogens (tertiary/aromatic N) is 1. The highest BCUT2D eigenvalue weighted by Gasteiger charge is 2.39. The number of benzene rings is 2. The standard InChI is InChI=1S/C20H20N2O3S/c1-13-8-9-15(10-14(13)2)21-18(23)12-26-17-11-19(24)22(20(17)25)16-6-4-3-5-7-16/h3-10,17H,11-12H2,1-2H3,(H,21,23)/t17-/m1/s1. The molecular formula is C20H20N2O3S. The number of thioether (sulfide) groups is 1. The number of rotatable bonds is 5. The zero-order valence-corrected chi connectivity index (χ0v) is 15.5. The molecule has 1 atom stereocenters. The third-order valence-electron chi connectivity index (χ3n) is 4.33. The molecule has 6 heteroatoms. The molecule has 1 aliphatic rings. The molecule has 0 aliphatic carbocycles. The van der Waals surface area contributed by atoms with Crippen LogP contribution in [0.1, 0.15) is 17.5 Å². The summed E-state index contributed by atoms with van der Waals surface area (Å²) in [6, 6.07) is 14.6. The first kappa shape index (κ1) is 18.2. The lowest BCUT2D eigenvalue weighted by atomic mass is 10.1. The fraction of sp³-hybridized carbons (Fsp3) is 0.250. The first-order chi connectivity index (χ1) is 12.5. The summed E-state index contributed by atoms with van der Waals surface area (Å²) in [5, 5.41) is 2.31. The van der Waals surface area contributed by atoms with Gasteiger partial charge in [0.1, 0.15) is 0 Å². The van der Waals surface area contributed by atoms with Gasteiger partial charge in [0.15, 0.2) is 0 Å². The predicted octanol–water partition coefficient (Wildman–Crippen LogP) is 3.31. The Bertz CT molecular complexity index is 851. The monoisotopic (exact) mass is 368 g/mol. The van der Waals surface area contributed by atoms with Crippen molar-refractivity contribution < 1.29 is 14.4 Å². The SMILES string of the molecule is Cc1ccc(NC(=O)CS[C@@H]2CC(=O)N(c3ccccc3)C2=O)cc1C. The van der Waals surface area contributed by atoms with E-state index in [1.54, 1.807) is 24.3 Å². The molecule has 0 aromatic heterocycles. The summed E-state index contributed by atoms with van der Waals surface area (Å²) < 4.78 is 0. The van der Waals surface area contributed by atoms with E-state index in [-0.39, 0.29) is 29.9 Å². The van der Waals surface area contributed by atoms with E-state index < -0.39 is 5.25 Å². The predicted molar refractivity (Wildman–Crippen MR) is 104 cm³/mol. The Kier molecular flexibility index (Phi) is 5.42. The van der Waals surface area contributed by atoms with E-state index >= 15 is 0 Å². The summed E-state index contributed by atoms with van der Waals surface area (Å²) in [5.74, 6) is -0.547. The van der Waals surface area contributed by atoms with Crippen molar-refractivity contribution in [3.8, 4) is 0 Å². The molecule has 0 spiro atoms. The highest BCUT2D eigenvalue weighted by molar-refractivity contribution is 8.01. The Balaban J connectivity index is 1.58. The molecule has 134 valence electrons. The number of hydrogen-bond donors (Lipinski definition) is 1. The third kappa shape index (κ3) is 3.96. The van der Waals surface area contributed by atoms with E-state index in [0.717, 1.165) is 16.8 Å². The maximum absolute atomic E-state index is 12.5. The van der Waals surface area contributed by atoms with Gasteiger partial charge in [0.25, 0.3) is 0 Å². The van der Waals surface area contributed by atoms with Crippen LogP contribution in [0, 0.1) is 13.8 Å². The van der Waals surface area contributed by atoms with Crippen LogP contribution in [-0.4, -0.2) is 28.7 Å². The second-order valence-electron chi connectivity index (χ2n) is 6.25. The van der Waals surface area contributed by atoms with Crippen LogP contribution < -0.4 is 10.2 Å². The average molecular weight is 368 g/mol. The molecule has 1 aliphatic heterocycles. The van der Waals surface area contributed by atoms with Gasteiger partial charge in [-0.05, 0) is 49.2 Å². The van der Waals surface area contributed by atoms with Gasteiger partial charge in [-0.3, -0.25) is 14.4 Å². The van der Waals surface area contributed by atoms with E-state index in [2.05, 4.69) is 5.32 Å². The number of carbonyl (C=O) groups excluding carboxylic acids is 3. The van der Waals surface area contributed by atoms with E-state index in [0.29, 0.717) is 5.69 Å². The Morgan fingerprint density at radius 1 is 1.12 bits per heavy atom. The molecule has 0 bridgehead atoms. The van der Waals surface area contributed by atoms with Gasteiger partial charge in [0.2, 0.25) is 17.7 Å². The number of hydrogen-bond acceptors (Lipinski definition) is 4. The number of para-hydroxylation sites is 1. The molecule has 0 radical (unpaired) electrons. The number of imide groups is 1. The van der Waals surface area contributed by atoms with Gasteiger partial charge in [-0.1, -0.05) is 24.3 Å². The molecule has 0 unspecified atom stereocenters. The lowest BCUT2D eigenvalue weighted by Crippen LogP contribution is -2.31. The van der Waals surface area contributed by atoms with E-state index in [1.165, 1.54) is 16.7 Å². The molecule has 2 aromatic carbocycles. The van der Waals surface area contributed by atoms with Crippen molar-refractivity contribution in [2.45, 2.75) is 25.5 Å². The number of aryl methyl sites for hydroxylation is 2. The Hall–Kier alpha value is -2.60. The summed E-state index contributed by atoms with van der Waals surface area (Å²) in [7, 11) is 0. The van der Waals surface area contributed by atoms with Crippen LogP contribution in [0.4, 0.5) is 11.4 Å². The smallest absolute Gasteiger partial charge is 0.247 e. The van der Waals surface area contributed by atoms with Crippen LogP contribution in [0.3, 0.4) is 0 Å². The number of anilines is 2. The largest absolute Gasteiger partial charge is 0.325 e. The van der Waals surface area contributed by atoms with Gasteiger partial charge in [0, 0.05) is 12.1 Å². The quantitative estimate of drug-likeness (QED) is 0.823. The molecular weight excluding hydrogens is 348 g/mol. The molecule has 1 heterocycles. The normalized spacial score (nSPS) is 16.8. The molecule has 0 saturated carbocycles. The van der Waals surface area contributed by atoms with Crippen LogP contribution in [-0.2, 0) is 14.4 Å². The summed E-state index contributed by atoms with van der Waals surface area (Å²) in [6.45, 7) is 4.00.